The van der Waals surface area contributed by atoms with Gasteiger partial charge in [0, 0.05) is 30.9 Å². The Kier molecular flexibility index (Phi) is 4.75. The zero-order valence-corrected chi connectivity index (χ0v) is 17.1. The number of amides is 1. The van der Waals surface area contributed by atoms with Gasteiger partial charge in [-0.05, 0) is 29.6 Å². The summed E-state index contributed by atoms with van der Waals surface area (Å²) in [5.41, 5.74) is 8.44. The van der Waals surface area contributed by atoms with E-state index in [9.17, 15) is 13.6 Å². The first-order valence-electron chi connectivity index (χ1n) is 9.69. The molecule has 1 aliphatic rings. The predicted molar refractivity (Wildman–Crippen MR) is 113 cm³/mol. The van der Waals surface area contributed by atoms with Crippen LogP contribution in [0.5, 0.6) is 0 Å². The zero-order chi connectivity index (χ0) is 21.6. The Morgan fingerprint density at radius 3 is 2.94 bits per heavy atom. The maximum absolute atomic E-state index is 13.9. The lowest BCUT2D eigenvalue weighted by Gasteiger charge is -2.22. The van der Waals surface area contributed by atoms with Crippen LogP contribution in [0.4, 0.5) is 8.78 Å². The third kappa shape index (κ3) is 3.57. The SMILES string of the molecule is NC[C@@H]1CC(F)(F)CN1C(=O)c1ccnc(-c2cnn3ccc(-c4cccs4)nc23)c1. The van der Waals surface area contributed by atoms with Gasteiger partial charge in [0.05, 0.1) is 40.6 Å². The number of fused-ring (bicyclic) bond motifs is 1. The Labute approximate surface area is 180 Å². The van der Waals surface area contributed by atoms with E-state index in [1.807, 2.05) is 29.8 Å². The van der Waals surface area contributed by atoms with Crippen LogP contribution in [0.15, 0.2) is 54.3 Å². The highest BCUT2D eigenvalue weighted by Gasteiger charge is 2.46. The number of halogens is 2. The fraction of sp³-hybridized carbons (Fsp3) is 0.238. The Morgan fingerprint density at radius 1 is 1.29 bits per heavy atom. The number of thiophene rings is 1. The molecule has 1 amide bonds. The molecule has 1 saturated heterocycles. The molecule has 5 rings (SSSR count). The Bertz CT molecular complexity index is 1260. The highest BCUT2D eigenvalue weighted by atomic mass is 32.1. The molecule has 4 aromatic rings. The van der Waals surface area contributed by atoms with E-state index in [4.69, 9.17) is 10.7 Å². The number of carbonyl (C=O) groups is 1. The van der Waals surface area contributed by atoms with Gasteiger partial charge in [0.2, 0.25) is 0 Å². The highest BCUT2D eigenvalue weighted by Crippen LogP contribution is 2.33. The average Bonchev–Trinajstić information content (AvgIpc) is 3.51. The summed E-state index contributed by atoms with van der Waals surface area (Å²) in [6.45, 7) is -0.642. The first kappa shape index (κ1) is 19.7. The summed E-state index contributed by atoms with van der Waals surface area (Å²) in [6.07, 6.45) is 4.51. The summed E-state index contributed by atoms with van der Waals surface area (Å²) in [6, 6.07) is 8.23. The lowest BCUT2D eigenvalue weighted by atomic mass is 10.1. The lowest BCUT2D eigenvalue weighted by Crippen LogP contribution is -2.40. The number of likely N-dealkylation sites (tertiary alicyclic amines) is 1. The molecule has 1 fully saturated rings. The van der Waals surface area contributed by atoms with Crippen LogP contribution in [0.25, 0.3) is 27.5 Å². The van der Waals surface area contributed by atoms with E-state index in [1.165, 1.54) is 12.3 Å². The second kappa shape index (κ2) is 7.47. The van der Waals surface area contributed by atoms with E-state index in [2.05, 4.69) is 10.1 Å². The smallest absolute Gasteiger partial charge is 0.267 e. The van der Waals surface area contributed by atoms with Gasteiger partial charge in [0.1, 0.15) is 0 Å². The maximum atomic E-state index is 13.9. The molecule has 158 valence electrons. The van der Waals surface area contributed by atoms with Gasteiger partial charge in [-0.25, -0.2) is 18.3 Å². The third-order valence-corrected chi connectivity index (χ3v) is 6.23. The van der Waals surface area contributed by atoms with Crippen molar-refractivity contribution < 1.29 is 13.6 Å². The van der Waals surface area contributed by atoms with Crippen LogP contribution in [0.2, 0.25) is 0 Å². The molecule has 10 heteroatoms. The predicted octanol–water partition coefficient (Wildman–Crippen LogP) is 3.33. The summed E-state index contributed by atoms with van der Waals surface area (Å²) in [4.78, 5) is 24.2. The fourth-order valence-corrected chi connectivity index (χ4v) is 4.53. The molecule has 0 aliphatic carbocycles. The molecule has 1 atom stereocenters. The molecule has 5 heterocycles. The number of rotatable bonds is 4. The van der Waals surface area contributed by atoms with Gasteiger partial charge in [-0.1, -0.05) is 6.07 Å². The zero-order valence-electron chi connectivity index (χ0n) is 16.3. The van der Waals surface area contributed by atoms with Crippen LogP contribution in [0.1, 0.15) is 16.8 Å². The minimum Gasteiger partial charge on any atom is -0.328 e. The van der Waals surface area contributed by atoms with E-state index in [-0.39, 0.29) is 12.1 Å². The van der Waals surface area contributed by atoms with Gasteiger partial charge in [-0.2, -0.15) is 5.10 Å². The second-order valence-electron chi connectivity index (χ2n) is 7.43. The Morgan fingerprint density at radius 2 is 2.16 bits per heavy atom. The fourth-order valence-electron chi connectivity index (χ4n) is 3.83. The molecule has 0 saturated carbocycles. The molecule has 1 aliphatic heterocycles. The van der Waals surface area contributed by atoms with Crippen LogP contribution in [-0.4, -0.2) is 55.4 Å². The number of alkyl halides is 2. The minimum atomic E-state index is -2.93. The van der Waals surface area contributed by atoms with E-state index < -0.39 is 30.8 Å². The number of carbonyl (C=O) groups excluding carboxylic acids is 1. The molecule has 31 heavy (non-hydrogen) atoms. The molecule has 0 radical (unpaired) electrons. The summed E-state index contributed by atoms with van der Waals surface area (Å²) in [7, 11) is 0. The van der Waals surface area contributed by atoms with Gasteiger partial charge < -0.3 is 10.6 Å². The molecule has 4 aromatic heterocycles. The van der Waals surface area contributed by atoms with Crippen molar-refractivity contribution in [2.24, 2.45) is 5.73 Å². The van der Waals surface area contributed by atoms with Crippen LogP contribution in [0, 0.1) is 0 Å². The molecule has 0 bridgehead atoms. The number of hydrogen-bond donors (Lipinski definition) is 1. The normalized spacial score (nSPS) is 18.0. The molecule has 0 unspecified atom stereocenters. The van der Waals surface area contributed by atoms with Gasteiger partial charge in [0.25, 0.3) is 11.8 Å². The van der Waals surface area contributed by atoms with Crippen molar-refractivity contribution in [3.63, 3.8) is 0 Å². The molecule has 2 N–H and O–H groups in total. The van der Waals surface area contributed by atoms with E-state index in [0.29, 0.717) is 16.9 Å². The molecule has 0 spiro atoms. The summed E-state index contributed by atoms with van der Waals surface area (Å²) in [5, 5.41) is 6.30. The van der Waals surface area contributed by atoms with Crippen LogP contribution < -0.4 is 5.73 Å². The molecule has 0 aromatic carbocycles. The van der Waals surface area contributed by atoms with E-state index in [1.54, 1.807) is 28.1 Å². The Balaban J connectivity index is 1.51. The number of aromatic nitrogens is 4. The monoisotopic (exact) mass is 440 g/mol. The minimum absolute atomic E-state index is 0.0112. The summed E-state index contributed by atoms with van der Waals surface area (Å²) < 4.78 is 29.4. The van der Waals surface area contributed by atoms with Gasteiger partial charge in [-0.15, -0.1) is 11.3 Å². The quantitative estimate of drug-likeness (QED) is 0.526. The van der Waals surface area contributed by atoms with Crippen LogP contribution >= 0.6 is 11.3 Å². The van der Waals surface area contributed by atoms with Crippen molar-refractivity contribution in [2.45, 2.75) is 18.4 Å². The van der Waals surface area contributed by atoms with Crippen molar-refractivity contribution >= 4 is 22.9 Å². The Hall–Kier alpha value is -3.24. The average molecular weight is 440 g/mol. The highest BCUT2D eigenvalue weighted by molar-refractivity contribution is 7.13. The third-order valence-electron chi connectivity index (χ3n) is 5.34. The molecular formula is C21H18F2N6OS. The number of nitrogens with two attached hydrogens (primary N) is 1. The molecular weight excluding hydrogens is 422 g/mol. The number of pyridine rings is 1. The summed E-state index contributed by atoms with van der Waals surface area (Å²) >= 11 is 1.58. The van der Waals surface area contributed by atoms with Gasteiger partial charge >= 0.3 is 0 Å². The van der Waals surface area contributed by atoms with Crippen molar-refractivity contribution in [1.82, 2.24) is 24.5 Å². The van der Waals surface area contributed by atoms with Crippen LogP contribution in [0.3, 0.4) is 0 Å². The van der Waals surface area contributed by atoms with Crippen LogP contribution in [-0.2, 0) is 0 Å². The maximum Gasteiger partial charge on any atom is 0.267 e. The first-order valence-corrected chi connectivity index (χ1v) is 10.6. The van der Waals surface area contributed by atoms with Crippen molar-refractivity contribution in [3.8, 4) is 21.8 Å². The number of hydrogen-bond acceptors (Lipinski definition) is 6. The standard InChI is InChI=1S/C21H18F2N6OS/c22-21(23)9-14(10-24)28(12-21)20(30)13-3-5-25-17(8-13)15-11-26-29-6-4-16(27-19(15)29)18-2-1-7-31-18/h1-8,11,14H,9-10,12,24H2/t14-/m0/s1. The van der Waals surface area contributed by atoms with E-state index in [0.717, 1.165) is 15.5 Å². The lowest BCUT2D eigenvalue weighted by molar-refractivity contribution is 0.0118. The van der Waals surface area contributed by atoms with Gasteiger partial charge in [0.15, 0.2) is 5.65 Å². The summed E-state index contributed by atoms with van der Waals surface area (Å²) in [5.74, 6) is -3.42. The first-order chi connectivity index (χ1) is 14.9. The molecule has 7 nitrogen and oxygen atoms in total. The topological polar surface area (TPSA) is 89.4 Å². The van der Waals surface area contributed by atoms with E-state index >= 15 is 0 Å². The van der Waals surface area contributed by atoms with Crippen molar-refractivity contribution in [3.05, 3.63) is 59.9 Å². The number of nitrogens with zero attached hydrogens (tertiary/aromatic N) is 5. The largest absolute Gasteiger partial charge is 0.328 e. The second-order valence-corrected chi connectivity index (χ2v) is 8.38. The van der Waals surface area contributed by atoms with Crippen molar-refractivity contribution in [2.75, 3.05) is 13.1 Å². The van der Waals surface area contributed by atoms with Crippen molar-refractivity contribution in [1.29, 1.82) is 0 Å². The van der Waals surface area contributed by atoms with Gasteiger partial charge in [-0.3, -0.25) is 9.78 Å².